The topological polar surface area (TPSA) is 0 Å². The van der Waals surface area contributed by atoms with Crippen molar-refractivity contribution in [2.45, 2.75) is 30.6 Å². The number of rotatable bonds is 4. The first-order valence-electron chi connectivity index (χ1n) is 7.04. The largest absolute Gasteiger partial charge is 0.179 e. The SMILES string of the molecule is SCC1(CSc2ccc3ccccc3c2)CCCC1. The van der Waals surface area contributed by atoms with Gasteiger partial charge in [-0.05, 0) is 46.9 Å². The summed E-state index contributed by atoms with van der Waals surface area (Å²) >= 11 is 6.60. The first-order chi connectivity index (χ1) is 9.31. The molecule has 2 heteroatoms. The zero-order valence-corrected chi connectivity index (χ0v) is 12.9. The lowest BCUT2D eigenvalue weighted by molar-refractivity contribution is 0.403. The molecule has 1 saturated carbocycles. The fourth-order valence-corrected chi connectivity index (χ4v) is 4.78. The van der Waals surface area contributed by atoms with Gasteiger partial charge >= 0.3 is 0 Å². The van der Waals surface area contributed by atoms with Crippen molar-refractivity contribution < 1.29 is 0 Å². The van der Waals surface area contributed by atoms with E-state index in [0.717, 1.165) is 5.75 Å². The highest BCUT2D eigenvalue weighted by atomic mass is 32.2. The quantitative estimate of drug-likeness (QED) is 0.579. The number of benzene rings is 2. The van der Waals surface area contributed by atoms with E-state index in [1.165, 1.54) is 47.1 Å². The molecule has 2 aromatic rings. The molecule has 0 atom stereocenters. The van der Waals surface area contributed by atoms with Crippen LogP contribution in [-0.4, -0.2) is 11.5 Å². The van der Waals surface area contributed by atoms with Crippen molar-refractivity contribution >= 4 is 35.2 Å². The van der Waals surface area contributed by atoms with E-state index in [1.807, 2.05) is 11.8 Å². The van der Waals surface area contributed by atoms with Crippen LogP contribution in [0.5, 0.6) is 0 Å². The third-order valence-corrected chi connectivity index (χ3v) is 6.28. The minimum Gasteiger partial charge on any atom is -0.179 e. The third-order valence-electron chi connectivity index (χ3n) is 4.27. The molecular weight excluding hydrogens is 268 g/mol. The number of hydrogen-bond acceptors (Lipinski definition) is 2. The van der Waals surface area contributed by atoms with E-state index >= 15 is 0 Å². The van der Waals surface area contributed by atoms with Crippen LogP contribution in [0.2, 0.25) is 0 Å². The molecule has 3 rings (SSSR count). The van der Waals surface area contributed by atoms with Crippen LogP contribution < -0.4 is 0 Å². The fourth-order valence-electron chi connectivity index (χ4n) is 2.97. The Hall–Kier alpha value is -0.600. The molecule has 0 radical (unpaired) electrons. The summed E-state index contributed by atoms with van der Waals surface area (Å²) in [6, 6.07) is 15.4. The number of thioether (sulfide) groups is 1. The highest BCUT2D eigenvalue weighted by molar-refractivity contribution is 7.99. The van der Waals surface area contributed by atoms with Gasteiger partial charge in [0.05, 0.1) is 0 Å². The number of fused-ring (bicyclic) bond motifs is 1. The molecular formula is C17H20S2. The van der Waals surface area contributed by atoms with Gasteiger partial charge in [0.2, 0.25) is 0 Å². The maximum atomic E-state index is 4.59. The van der Waals surface area contributed by atoms with Crippen LogP contribution in [0.1, 0.15) is 25.7 Å². The second-order valence-electron chi connectivity index (χ2n) is 5.66. The first-order valence-corrected chi connectivity index (χ1v) is 8.66. The van der Waals surface area contributed by atoms with Crippen molar-refractivity contribution in [3.05, 3.63) is 42.5 Å². The van der Waals surface area contributed by atoms with Crippen LogP contribution in [0.15, 0.2) is 47.4 Å². The molecule has 0 aliphatic heterocycles. The Morgan fingerprint density at radius 2 is 1.74 bits per heavy atom. The van der Waals surface area contributed by atoms with Crippen molar-refractivity contribution in [1.29, 1.82) is 0 Å². The second-order valence-corrected chi connectivity index (χ2v) is 7.03. The van der Waals surface area contributed by atoms with Gasteiger partial charge in [-0.3, -0.25) is 0 Å². The maximum absolute atomic E-state index is 4.59. The molecule has 1 fully saturated rings. The summed E-state index contributed by atoms with van der Waals surface area (Å²) in [5.74, 6) is 2.25. The van der Waals surface area contributed by atoms with Gasteiger partial charge in [-0.15, -0.1) is 11.8 Å². The Balaban J connectivity index is 1.74. The minimum absolute atomic E-state index is 0.486. The van der Waals surface area contributed by atoms with Crippen LogP contribution >= 0.6 is 24.4 Å². The highest BCUT2D eigenvalue weighted by Gasteiger charge is 2.32. The van der Waals surface area contributed by atoms with E-state index in [0.29, 0.717) is 5.41 Å². The minimum atomic E-state index is 0.486. The second kappa shape index (κ2) is 5.80. The molecule has 0 aromatic heterocycles. The lowest BCUT2D eigenvalue weighted by Gasteiger charge is -2.26. The lowest BCUT2D eigenvalue weighted by atomic mass is 9.91. The van der Waals surface area contributed by atoms with Gasteiger partial charge in [-0.25, -0.2) is 0 Å². The van der Waals surface area contributed by atoms with E-state index in [4.69, 9.17) is 0 Å². The Morgan fingerprint density at radius 3 is 2.47 bits per heavy atom. The number of thiol groups is 1. The van der Waals surface area contributed by atoms with Crippen LogP contribution in [-0.2, 0) is 0 Å². The molecule has 0 heterocycles. The predicted octanol–water partition coefficient (Wildman–Crippen LogP) is 5.42. The molecule has 2 aromatic carbocycles. The van der Waals surface area contributed by atoms with Gasteiger partial charge in [0.1, 0.15) is 0 Å². The smallest absolute Gasteiger partial charge is 0.00785 e. The molecule has 0 spiro atoms. The summed E-state index contributed by atoms with van der Waals surface area (Å²) in [5, 5.41) is 2.68. The van der Waals surface area contributed by atoms with E-state index in [2.05, 4.69) is 55.1 Å². The van der Waals surface area contributed by atoms with Gasteiger partial charge in [-0.1, -0.05) is 43.2 Å². The van der Waals surface area contributed by atoms with E-state index in [-0.39, 0.29) is 0 Å². The molecule has 0 N–H and O–H groups in total. The molecule has 0 saturated heterocycles. The molecule has 0 bridgehead atoms. The van der Waals surface area contributed by atoms with Crippen molar-refractivity contribution in [3.63, 3.8) is 0 Å². The van der Waals surface area contributed by atoms with Crippen LogP contribution in [0.3, 0.4) is 0 Å². The van der Waals surface area contributed by atoms with Crippen molar-refractivity contribution in [2.24, 2.45) is 5.41 Å². The Morgan fingerprint density at radius 1 is 1.00 bits per heavy atom. The summed E-state index contributed by atoms with van der Waals surface area (Å²) in [6.45, 7) is 0. The summed E-state index contributed by atoms with van der Waals surface area (Å²) < 4.78 is 0. The zero-order valence-electron chi connectivity index (χ0n) is 11.1. The average Bonchev–Trinajstić information content (AvgIpc) is 2.94. The molecule has 1 aliphatic carbocycles. The molecule has 1 aliphatic rings. The van der Waals surface area contributed by atoms with E-state index in [9.17, 15) is 0 Å². The summed E-state index contributed by atoms with van der Waals surface area (Å²) in [5.41, 5.74) is 0.486. The Bertz CT molecular complexity index is 556. The van der Waals surface area contributed by atoms with Crippen LogP contribution in [0, 0.1) is 5.41 Å². The van der Waals surface area contributed by atoms with Gasteiger partial charge < -0.3 is 0 Å². The normalized spacial score (nSPS) is 17.9. The molecule has 100 valence electrons. The molecule has 0 nitrogen and oxygen atoms in total. The van der Waals surface area contributed by atoms with Gasteiger partial charge in [-0.2, -0.15) is 12.6 Å². The van der Waals surface area contributed by atoms with E-state index in [1.54, 1.807) is 0 Å². The lowest BCUT2D eigenvalue weighted by Crippen LogP contribution is -2.21. The van der Waals surface area contributed by atoms with Gasteiger partial charge in [0.15, 0.2) is 0 Å². The average molecular weight is 288 g/mol. The third kappa shape index (κ3) is 2.95. The zero-order chi connectivity index (χ0) is 13.1. The highest BCUT2D eigenvalue weighted by Crippen LogP contribution is 2.43. The van der Waals surface area contributed by atoms with Gasteiger partial charge in [0, 0.05) is 10.6 Å². The van der Waals surface area contributed by atoms with Gasteiger partial charge in [0.25, 0.3) is 0 Å². The predicted molar refractivity (Wildman–Crippen MR) is 89.4 cm³/mol. The summed E-state index contributed by atoms with van der Waals surface area (Å²) in [6.07, 6.45) is 5.49. The van der Waals surface area contributed by atoms with E-state index < -0.39 is 0 Å². The maximum Gasteiger partial charge on any atom is 0.00785 e. The molecule has 0 amide bonds. The standard InChI is InChI=1S/C17H20S2/c18-12-17(9-3-4-10-17)13-19-16-8-7-14-5-1-2-6-15(14)11-16/h1-2,5-8,11,18H,3-4,9-10,12-13H2. The van der Waals surface area contributed by atoms with Crippen molar-refractivity contribution in [2.75, 3.05) is 11.5 Å². The van der Waals surface area contributed by atoms with Crippen molar-refractivity contribution in [1.82, 2.24) is 0 Å². The fraction of sp³-hybridized carbons (Fsp3) is 0.412. The molecule has 19 heavy (non-hydrogen) atoms. The summed E-state index contributed by atoms with van der Waals surface area (Å²) in [7, 11) is 0. The summed E-state index contributed by atoms with van der Waals surface area (Å²) in [4.78, 5) is 1.40. The Kier molecular flexibility index (Phi) is 4.09. The molecule has 0 unspecified atom stereocenters. The van der Waals surface area contributed by atoms with Crippen LogP contribution in [0.25, 0.3) is 10.8 Å². The Labute approximate surface area is 125 Å². The monoisotopic (exact) mass is 288 g/mol. The number of hydrogen-bond donors (Lipinski definition) is 1. The van der Waals surface area contributed by atoms with Crippen LogP contribution in [0.4, 0.5) is 0 Å². The van der Waals surface area contributed by atoms with Crippen molar-refractivity contribution in [3.8, 4) is 0 Å². The first kappa shape index (κ1) is 13.4.